The van der Waals surface area contributed by atoms with Gasteiger partial charge in [-0.3, -0.25) is 4.79 Å². The Hall–Kier alpha value is -1.61. The predicted octanol–water partition coefficient (Wildman–Crippen LogP) is 2.69. The van der Waals surface area contributed by atoms with Crippen molar-refractivity contribution in [3.63, 3.8) is 0 Å². The molecule has 0 bridgehead atoms. The maximum Gasteiger partial charge on any atom is 0.317 e. The predicted molar refractivity (Wildman–Crippen MR) is 74.4 cm³/mol. The lowest BCUT2D eigenvalue weighted by Gasteiger charge is -2.20. The molecule has 0 aromatic heterocycles. The Bertz CT molecular complexity index is 401. The van der Waals surface area contributed by atoms with E-state index in [9.17, 15) is 4.79 Å². The van der Waals surface area contributed by atoms with Gasteiger partial charge in [-0.2, -0.15) is 0 Å². The van der Waals surface area contributed by atoms with E-state index in [0.29, 0.717) is 6.54 Å². The fourth-order valence-electron chi connectivity index (χ4n) is 2.08. The largest absolute Gasteiger partial charge is 0.480 e. The number of allylic oxidation sites excluding steroid dienone is 5. The van der Waals surface area contributed by atoms with Crippen LogP contribution in [-0.2, 0) is 4.79 Å². The van der Waals surface area contributed by atoms with E-state index in [1.807, 2.05) is 25.2 Å². The second kappa shape index (κ2) is 6.36. The first-order valence-electron chi connectivity index (χ1n) is 6.13. The van der Waals surface area contributed by atoms with Gasteiger partial charge in [0.1, 0.15) is 0 Å². The minimum Gasteiger partial charge on any atom is -0.480 e. The van der Waals surface area contributed by atoms with Crippen LogP contribution in [0.5, 0.6) is 0 Å². The number of carboxylic acids is 1. The van der Waals surface area contributed by atoms with Crippen LogP contribution in [0.4, 0.5) is 0 Å². The van der Waals surface area contributed by atoms with Gasteiger partial charge in [0.15, 0.2) is 0 Å². The highest BCUT2D eigenvalue weighted by Crippen LogP contribution is 2.57. The Labute approximate surface area is 109 Å². The van der Waals surface area contributed by atoms with Crippen molar-refractivity contribution in [3.05, 3.63) is 48.6 Å². The Morgan fingerprint density at radius 1 is 1.44 bits per heavy atom. The zero-order valence-electron chi connectivity index (χ0n) is 10.9. The lowest BCUT2D eigenvalue weighted by atomic mass is 9.87. The molecule has 0 unspecified atom stereocenters. The molecular weight excluding hydrogens is 226 g/mol. The van der Waals surface area contributed by atoms with Crippen LogP contribution >= 0.6 is 0 Å². The van der Waals surface area contributed by atoms with Crippen molar-refractivity contribution in [1.29, 1.82) is 0 Å². The maximum atomic E-state index is 10.4. The average molecular weight is 247 g/mol. The molecule has 0 atom stereocenters. The standard InChI is InChI=1S/C15H21NO2/c1-4-6-7-13(5-2)15(8-9-15)12(3)10-16-11-14(17)18/h4-7,16H,2-3,8-11H2,1H3,(H,17,18)/b6-4-,13-7+. The van der Waals surface area contributed by atoms with E-state index in [1.54, 1.807) is 0 Å². The molecule has 0 spiro atoms. The number of rotatable bonds is 8. The number of hydrogen-bond donors (Lipinski definition) is 2. The normalized spacial score (nSPS) is 17.7. The first-order valence-corrected chi connectivity index (χ1v) is 6.13. The molecule has 1 fully saturated rings. The highest BCUT2D eigenvalue weighted by molar-refractivity contribution is 5.69. The molecule has 2 N–H and O–H groups in total. The first-order chi connectivity index (χ1) is 8.56. The van der Waals surface area contributed by atoms with E-state index < -0.39 is 5.97 Å². The van der Waals surface area contributed by atoms with Crippen LogP contribution in [0.25, 0.3) is 0 Å². The van der Waals surface area contributed by atoms with Gasteiger partial charge in [-0.05, 0) is 25.3 Å². The number of carbonyl (C=O) groups is 1. The molecule has 1 saturated carbocycles. The van der Waals surface area contributed by atoms with Crippen LogP contribution < -0.4 is 5.32 Å². The summed E-state index contributed by atoms with van der Waals surface area (Å²) in [5.74, 6) is -0.846. The van der Waals surface area contributed by atoms with Crippen molar-refractivity contribution in [2.24, 2.45) is 5.41 Å². The van der Waals surface area contributed by atoms with Gasteiger partial charge < -0.3 is 10.4 Å². The van der Waals surface area contributed by atoms with E-state index in [-0.39, 0.29) is 12.0 Å². The van der Waals surface area contributed by atoms with Crippen molar-refractivity contribution in [2.45, 2.75) is 19.8 Å². The van der Waals surface area contributed by atoms with Crippen molar-refractivity contribution in [3.8, 4) is 0 Å². The Morgan fingerprint density at radius 3 is 2.56 bits per heavy atom. The lowest BCUT2D eigenvalue weighted by Crippen LogP contribution is -2.27. The third-order valence-corrected chi connectivity index (χ3v) is 3.28. The first kappa shape index (κ1) is 14.5. The summed E-state index contributed by atoms with van der Waals surface area (Å²) >= 11 is 0. The van der Waals surface area contributed by atoms with E-state index in [4.69, 9.17) is 5.11 Å². The van der Waals surface area contributed by atoms with E-state index in [1.165, 1.54) is 5.57 Å². The fraction of sp³-hybridized carbons (Fsp3) is 0.400. The van der Waals surface area contributed by atoms with Gasteiger partial charge in [-0.25, -0.2) is 0 Å². The van der Waals surface area contributed by atoms with Crippen LogP contribution in [0.2, 0.25) is 0 Å². The van der Waals surface area contributed by atoms with Gasteiger partial charge in [0, 0.05) is 12.0 Å². The molecule has 0 radical (unpaired) electrons. The van der Waals surface area contributed by atoms with Crippen molar-refractivity contribution < 1.29 is 9.90 Å². The van der Waals surface area contributed by atoms with Crippen LogP contribution in [0, 0.1) is 5.41 Å². The van der Waals surface area contributed by atoms with Gasteiger partial charge in [-0.15, -0.1) is 0 Å². The van der Waals surface area contributed by atoms with Crippen molar-refractivity contribution >= 4 is 5.97 Å². The van der Waals surface area contributed by atoms with E-state index in [0.717, 1.165) is 18.4 Å². The molecule has 1 rings (SSSR count). The van der Waals surface area contributed by atoms with Gasteiger partial charge in [0.25, 0.3) is 0 Å². The summed E-state index contributed by atoms with van der Waals surface area (Å²) in [7, 11) is 0. The SMILES string of the molecule is C=C/C(=C\C=C/C)C1(C(=C)CNCC(=O)O)CC1. The maximum absolute atomic E-state index is 10.4. The van der Waals surface area contributed by atoms with Crippen LogP contribution in [-0.4, -0.2) is 24.2 Å². The fourth-order valence-corrected chi connectivity index (χ4v) is 2.08. The van der Waals surface area contributed by atoms with Crippen LogP contribution in [0.1, 0.15) is 19.8 Å². The second-order valence-corrected chi connectivity index (χ2v) is 4.53. The van der Waals surface area contributed by atoms with Gasteiger partial charge >= 0.3 is 5.97 Å². The monoisotopic (exact) mass is 247 g/mol. The number of hydrogen-bond acceptors (Lipinski definition) is 2. The average Bonchev–Trinajstić information content (AvgIpc) is 3.11. The molecule has 3 nitrogen and oxygen atoms in total. The van der Waals surface area contributed by atoms with Crippen LogP contribution in [0.15, 0.2) is 48.6 Å². The molecular formula is C15H21NO2. The number of nitrogens with one attached hydrogen (secondary N) is 1. The Morgan fingerprint density at radius 2 is 2.11 bits per heavy atom. The molecule has 0 amide bonds. The molecule has 98 valence electrons. The Kier molecular flexibility index (Phi) is 5.10. The van der Waals surface area contributed by atoms with E-state index >= 15 is 0 Å². The minimum atomic E-state index is -0.846. The summed E-state index contributed by atoms with van der Waals surface area (Å²) < 4.78 is 0. The third-order valence-electron chi connectivity index (χ3n) is 3.28. The molecule has 0 aromatic rings. The molecule has 0 aliphatic heterocycles. The van der Waals surface area contributed by atoms with Gasteiger partial charge in [0.05, 0.1) is 6.54 Å². The molecule has 0 heterocycles. The second-order valence-electron chi connectivity index (χ2n) is 4.53. The summed E-state index contributed by atoms with van der Waals surface area (Å²) in [6, 6.07) is 0. The number of carboxylic acid groups (broad SMARTS) is 1. The van der Waals surface area contributed by atoms with Crippen molar-refractivity contribution in [2.75, 3.05) is 13.1 Å². The molecule has 1 aliphatic rings. The number of aliphatic carboxylic acids is 1. The highest BCUT2D eigenvalue weighted by Gasteiger charge is 2.46. The van der Waals surface area contributed by atoms with Crippen molar-refractivity contribution in [1.82, 2.24) is 5.32 Å². The lowest BCUT2D eigenvalue weighted by molar-refractivity contribution is -0.135. The van der Waals surface area contributed by atoms with Gasteiger partial charge in [-0.1, -0.05) is 43.0 Å². The topological polar surface area (TPSA) is 49.3 Å². The molecule has 0 aromatic carbocycles. The zero-order chi connectivity index (χ0) is 13.6. The minimum absolute atomic E-state index is 0.00671. The van der Waals surface area contributed by atoms with Crippen LogP contribution in [0.3, 0.4) is 0 Å². The summed E-state index contributed by atoms with van der Waals surface area (Å²) in [5.41, 5.74) is 2.22. The third kappa shape index (κ3) is 3.44. The smallest absolute Gasteiger partial charge is 0.317 e. The molecule has 3 heteroatoms. The summed E-state index contributed by atoms with van der Waals surface area (Å²) in [5, 5.41) is 11.5. The summed E-state index contributed by atoms with van der Waals surface area (Å²) in [4.78, 5) is 10.4. The van der Waals surface area contributed by atoms with E-state index in [2.05, 4.69) is 24.6 Å². The summed E-state index contributed by atoms with van der Waals surface area (Å²) in [6.07, 6.45) is 10.0. The molecule has 1 aliphatic carbocycles. The molecule has 0 saturated heterocycles. The van der Waals surface area contributed by atoms with Gasteiger partial charge in [0.2, 0.25) is 0 Å². The zero-order valence-corrected chi connectivity index (χ0v) is 10.9. The highest BCUT2D eigenvalue weighted by atomic mass is 16.4. The molecule has 18 heavy (non-hydrogen) atoms. The Balaban J connectivity index is 2.65. The summed E-state index contributed by atoms with van der Waals surface area (Å²) in [6.45, 7) is 10.4. The quantitative estimate of drug-likeness (QED) is 0.512.